The van der Waals surface area contributed by atoms with Crippen LogP contribution in [0.3, 0.4) is 0 Å². The number of rotatable bonds is 3. The third-order valence-corrected chi connectivity index (χ3v) is 6.75. The smallest absolute Gasteiger partial charge is 0.146 e. The molecule has 7 aromatic rings. The van der Waals surface area contributed by atoms with Crippen molar-refractivity contribution in [3.8, 4) is 11.3 Å². The molecular weight excluding hydrogens is 428 g/mol. The molecule has 7 rings (SSSR count). The van der Waals surface area contributed by atoms with E-state index in [1.54, 1.807) is 0 Å². The van der Waals surface area contributed by atoms with Gasteiger partial charge in [0.25, 0.3) is 0 Å². The lowest BCUT2D eigenvalue weighted by Crippen LogP contribution is -1.97. The highest BCUT2D eigenvalue weighted by Crippen LogP contribution is 2.33. The minimum Gasteiger partial charge on any atom is -0.292 e. The van der Waals surface area contributed by atoms with Gasteiger partial charge < -0.3 is 0 Å². The fraction of sp³-hybridized carbons (Fsp3) is 0. The fourth-order valence-corrected chi connectivity index (χ4v) is 5.14. The Kier molecular flexibility index (Phi) is 4.11. The molecule has 0 aliphatic heterocycles. The van der Waals surface area contributed by atoms with E-state index < -0.39 is 0 Å². The lowest BCUT2D eigenvalue weighted by molar-refractivity contribution is 1.21. The van der Waals surface area contributed by atoms with Gasteiger partial charge in [-0.2, -0.15) is 0 Å². The average Bonchev–Trinajstić information content (AvgIpc) is 3.30. The maximum Gasteiger partial charge on any atom is 0.146 e. The lowest BCUT2D eigenvalue weighted by atomic mass is 10.0. The Morgan fingerprint density at radius 1 is 0.714 bits per heavy atom. The molecule has 0 fully saturated rings. The molecule has 164 valence electrons. The van der Waals surface area contributed by atoms with E-state index in [-0.39, 0.29) is 0 Å². The van der Waals surface area contributed by atoms with Gasteiger partial charge in [-0.1, -0.05) is 73.8 Å². The number of hydrogen-bond donors (Lipinski definition) is 0. The largest absolute Gasteiger partial charge is 0.292 e. The second kappa shape index (κ2) is 7.34. The Labute approximate surface area is 201 Å². The monoisotopic (exact) mass is 448 g/mol. The van der Waals surface area contributed by atoms with Crippen molar-refractivity contribution in [1.82, 2.24) is 19.4 Å². The van der Waals surface area contributed by atoms with Crippen LogP contribution in [0, 0.1) is 0 Å². The van der Waals surface area contributed by atoms with E-state index in [1.165, 1.54) is 0 Å². The van der Waals surface area contributed by atoms with E-state index in [2.05, 4.69) is 83.2 Å². The summed E-state index contributed by atoms with van der Waals surface area (Å²) in [4.78, 5) is 14.7. The zero-order valence-electron chi connectivity index (χ0n) is 18.9. The minimum atomic E-state index is 0.898. The quantitative estimate of drug-likeness (QED) is 0.260. The molecule has 4 aromatic heterocycles. The number of pyridine rings is 3. The van der Waals surface area contributed by atoms with Crippen molar-refractivity contribution >= 4 is 61.4 Å². The van der Waals surface area contributed by atoms with Crippen LogP contribution >= 0.6 is 0 Å². The van der Waals surface area contributed by atoms with Gasteiger partial charge in [0.2, 0.25) is 0 Å². The fourth-order valence-electron chi connectivity index (χ4n) is 5.14. The standard InChI is InChI=1S/C31H20N4/c1-3-22-23-9-5-6-10-24(23)31-34-26-18-21(14-16-28(26)35(31)27(22)4-2)25-15-13-20-12-11-19-8-7-17-32-29(19)30(20)33-25/h3-18H,1-2H2. The van der Waals surface area contributed by atoms with E-state index in [0.29, 0.717) is 0 Å². The molecule has 0 N–H and O–H groups in total. The average molecular weight is 449 g/mol. The molecule has 0 aliphatic rings. The Morgan fingerprint density at radius 2 is 1.51 bits per heavy atom. The van der Waals surface area contributed by atoms with E-state index in [9.17, 15) is 0 Å². The number of imidazole rings is 1. The second-order valence-corrected chi connectivity index (χ2v) is 8.64. The molecule has 4 heteroatoms. The molecule has 0 spiro atoms. The van der Waals surface area contributed by atoms with E-state index in [4.69, 9.17) is 9.97 Å². The number of benzene rings is 3. The number of aromatic nitrogens is 4. The molecule has 3 aromatic carbocycles. The molecule has 0 aliphatic carbocycles. The SMILES string of the molecule is C=Cc1c(C=C)n2c3ccc(-c4ccc5ccc6cccnc6c5n4)cc3nc2c2ccccc12. The van der Waals surface area contributed by atoms with Crippen LogP contribution < -0.4 is 0 Å². The zero-order valence-corrected chi connectivity index (χ0v) is 18.9. The third-order valence-electron chi connectivity index (χ3n) is 6.75. The highest BCUT2D eigenvalue weighted by Gasteiger charge is 2.16. The molecule has 0 saturated carbocycles. The summed E-state index contributed by atoms with van der Waals surface area (Å²) in [6, 6.07) is 27.0. The molecular formula is C31H20N4. The van der Waals surface area contributed by atoms with Gasteiger partial charge in [0.15, 0.2) is 0 Å². The second-order valence-electron chi connectivity index (χ2n) is 8.64. The first-order chi connectivity index (χ1) is 17.3. The van der Waals surface area contributed by atoms with Crippen molar-refractivity contribution in [2.45, 2.75) is 0 Å². The van der Waals surface area contributed by atoms with Crippen molar-refractivity contribution in [2.24, 2.45) is 0 Å². The van der Waals surface area contributed by atoms with Gasteiger partial charge in [0, 0.05) is 33.5 Å². The Hall–Kier alpha value is -4.83. The molecule has 0 saturated heterocycles. The lowest BCUT2D eigenvalue weighted by Gasteiger charge is -2.11. The molecule has 4 heterocycles. The van der Waals surface area contributed by atoms with Crippen LogP contribution in [0.15, 0.2) is 98.2 Å². The molecule has 0 amide bonds. The van der Waals surface area contributed by atoms with Gasteiger partial charge >= 0.3 is 0 Å². The van der Waals surface area contributed by atoms with E-state index in [1.807, 2.05) is 36.5 Å². The number of nitrogens with zero attached hydrogens (tertiary/aromatic N) is 4. The Balaban J connectivity index is 1.51. The van der Waals surface area contributed by atoms with Crippen LogP contribution in [-0.4, -0.2) is 19.4 Å². The topological polar surface area (TPSA) is 43.1 Å². The molecule has 4 nitrogen and oxygen atoms in total. The van der Waals surface area contributed by atoms with Gasteiger partial charge in [0.05, 0.1) is 33.5 Å². The van der Waals surface area contributed by atoms with Crippen LogP contribution in [0.2, 0.25) is 0 Å². The van der Waals surface area contributed by atoms with E-state index >= 15 is 0 Å². The normalized spacial score (nSPS) is 11.7. The summed E-state index contributed by atoms with van der Waals surface area (Å²) in [5.74, 6) is 0. The summed E-state index contributed by atoms with van der Waals surface area (Å²) in [6.45, 7) is 8.16. The van der Waals surface area contributed by atoms with Crippen molar-refractivity contribution in [3.63, 3.8) is 0 Å². The Morgan fingerprint density at radius 3 is 2.34 bits per heavy atom. The summed E-state index contributed by atoms with van der Waals surface area (Å²) >= 11 is 0. The van der Waals surface area contributed by atoms with E-state index in [0.717, 1.165) is 71.8 Å². The number of hydrogen-bond acceptors (Lipinski definition) is 3. The summed E-state index contributed by atoms with van der Waals surface area (Å²) in [7, 11) is 0. The van der Waals surface area contributed by atoms with Gasteiger partial charge in [0.1, 0.15) is 5.65 Å². The van der Waals surface area contributed by atoms with Crippen LogP contribution in [-0.2, 0) is 0 Å². The first-order valence-electron chi connectivity index (χ1n) is 11.5. The van der Waals surface area contributed by atoms with Crippen LogP contribution in [0.1, 0.15) is 11.3 Å². The Bertz CT molecular complexity index is 2000. The van der Waals surface area contributed by atoms with Crippen LogP contribution in [0.25, 0.3) is 72.7 Å². The summed E-state index contributed by atoms with van der Waals surface area (Å²) < 4.78 is 2.18. The first-order valence-corrected chi connectivity index (χ1v) is 11.5. The summed E-state index contributed by atoms with van der Waals surface area (Å²) in [5, 5.41) is 4.37. The summed E-state index contributed by atoms with van der Waals surface area (Å²) in [6.07, 6.45) is 5.60. The van der Waals surface area contributed by atoms with Gasteiger partial charge in [-0.15, -0.1) is 0 Å². The van der Waals surface area contributed by atoms with Gasteiger partial charge in [-0.25, -0.2) is 9.97 Å². The van der Waals surface area contributed by atoms with Gasteiger partial charge in [-0.3, -0.25) is 9.38 Å². The first kappa shape index (κ1) is 19.6. The molecule has 0 radical (unpaired) electrons. The summed E-state index contributed by atoms with van der Waals surface area (Å²) in [5.41, 5.74) is 8.64. The predicted molar refractivity (Wildman–Crippen MR) is 146 cm³/mol. The number of fused-ring (bicyclic) bond motifs is 8. The third kappa shape index (κ3) is 2.77. The van der Waals surface area contributed by atoms with Crippen molar-refractivity contribution in [2.75, 3.05) is 0 Å². The van der Waals surface area contributed by atoms with Crippen molar-refractivity contribution in [1.29, 1.82) is 0 Å². The maximum absolute atomic E-state index is 5.07. The van der Waals surface area contributed by atoms with Crippen LogP contribution in [0.5, 0.6) is 0 Å². The minimum absolute atomic E-state index is 0.898. The maximum atomic E-state index is 5.07. The highest BCUT2D eigenvalue weighted by molar-refractivity contribution is 6.05. The molecule has 0 atom stereocenters. The molecule has 35 heavy (non-hydrogen) atoms. The predicted octanol–water partition coefficient (Wildman–Crippen LogP) is 7.69. The van der Waals surface area contributed by atoms with Crippen LogP contribution in [0.4, 0.5) is 0 Å². The molecule has 0 bridgehead atoms. The van der Waals surface area contributed by atoms with Gasteiger partial charge in [-0.05, 0) is 35.7 Å². The highest BCUT2D eigenvalue weighted by atomic mass is 15.0. The van der Waals surface area contributed by atoms with Crippen molar-refractivity contribution in [3.05, 3.63) is 109 Å². The zero-order chi connectivity index (χ0) is 23.5. The van der Waals surface area contributed by atoms with Crippen molar-refractivity contribution < 1.29 is 0 Å². The molecule has 0 unspecified atom stereocenters.